The first-order chi connectivity index (χ1) is 14.6. The summed E-state index contributed by atoms with van der Waals surface area (Å²) in [5.74, 6) is 2.48. The maximum atomic E-state index is 12.9. The third-order valence-corrected chi connectivity index (χ3v) is 5.12. The van der Waals surface area contributed by atoms with E-state index >= 15 is 0 Å². The van der Waals surface area contributed by atoms with Gasteiger partial charge in [0, 0.05) is 30.4 Å². The smallest absolute Gasteiger partial charge is 0.257 e. The summed E-state index contributed by atoms with van der Waals surface area (Å²) < 4.78 is 23.5. The van der Waals surface area contributed by atoms with Crippen LogP contribution < -0.4 is 25.1 Å². The SMILES string of the molecule is COc1ccc(C2N=C(N3CCOCC3)Nc3nc(C)cc(=O)n32)c(OC)c1OC. The van der Waals surface area contributed by atoms with E-state index in [0.717, 1.165) is 0 Å². The van der Waals surface area contributed by atoms with Gasteiger partial charge in [0.1, 0.15) is 0 Å². The molecule has 2 aliphatic heterocycles. The molecule has 1 N–H and O–H groups in total. The minimum atomic E-state index is -0.686. The molecule has 2 aromatic rings. The average Bonchev–Trinajstić information content (AvgIpc) is 2.77. The van der Waals surface area contributed by atoms with Crippen molar-refractivity contribution in [2.24, 2.45) is 4.99 Å². The number of aliphatic imine (C=N–C) groups is 1. The van der Waals surface area contributed by atoms with Crippen molar-refractivity contribution in [1.29, 1.82) is 0 Å². The molecule has 0 saturated carbocycles. The first-order valence-corrected chi connectivity index (χ1v) is 9.64. The molecule has 0 amide bonds. The van der Waals surface area contributed by atoms with Crippen LogP contribution in [0, 0.1) is 6.92 Å². The lowest BCUT2D eigenvalue weighted by Crippen LogP contribution is -2.47. The van der Waals surface area contributed by atoms with Gasteiger partial charge in [-0.15, -0.1) is 0 Å². The summed E-state index contributed by atoms with van der Waals surface area (Å²) in [7, 11) is 4.65. The van der Waals surface area contributed by atoms with Gasteiger partial charge in [-0.1, -0.05) is 0 Å². The first-order valence-electron chi connectivity index (χ1n) is 9.64. The molecule has 0 radical (unpaired) electrons. The number of aryl methyl sites for hydroxylation is 1. The van der Waals surface area contributed by atoms with Gasteiger partial charge in [0.05, 0.1) is 34.5 Å². The summed E-state index contributed by atoms with van der Waals surface area (Å²) in [6.45, 7) is 4.39. The Balaban J connectivity index is 1.91. The average molecular weight is 415 g/mol. The number of rotatable bonds is 4. The zero-order chi connectivity index (χ0) is 21.3. The topological polar surface area (TPSA) is 99.4 Å². The Morgan fingerprint density at radius 2 is 1.83 bits per heavy atom. The Hall–Kier alpha value is -3.27. The number of methoxy groups -OCH3 is 3. The van der Waals surface area contributed by atoms with Crippen molar-refractivity contribution in [2.45, 2.75) is 13.1 Å². The molecule has 0 bridgehead atoms. The lowest BCUT2D eigenvalue weighted by atomic mass is 10.1. The van der Waals surface area contributed by atoms with E-state index in [2.05, 4.69) is 15.2 Å². The number of anilines is 1. The van der Waals surface area contributed by atoms with Gasteiger partial charge < -0.3 is 23.8 Å². The zero-order valence-corrected chi connectivity index (χ0v) is 17.5. The molecular formula is C20H25N5O5. The Kier molecular flexibility index (Phi) is 5.49. The number of aromatic nitrogens is 2. The number of fused-ring (bicyclic) bond motifs is 1. The van der Waals surface area contributed by atoms with Crippen molar-refractivity contribution < 1.29 is 18.9 Å². The highest BCUT2D eigenvalue weighted by Crippen LogP contribution is 2.44. The Morgan fingerprint density at radius 1 is 1.10 bits per heavy atom. The van der Waals surface area contributed by atoms with Crippen molar-refractivity contribution in [3.63, 3.8) is 0 Å². The molecule has 30 heavy (non-hydrogen) atoms. The number of nitrogens with one attached hydrogen (secondary N) is 1. The van der Waals surface area contributed by atoms with Crippen molar-refractivity contribution in [3.05, 3.63) is 39.8 Å². The minimum absolute atomic E-state index is 0.211. The third kappa shape index (κ3) is 3.43. The molecule has 160 valence electrons. The van der Waals surface area contributed by atoms with E-state index in [0.29, 0.717) is 66.7 Å². The van der Waals surface area contributed by atoms with E-state index in [1.54, 1.807) is 34.3 Å². The Bertz CT molecular complexity index is 1030. The predicted octanol–water partition coefficient (Wildman–Crippen LogP) is 1.24. The molecule has 10 nitrogen and oxygen atoms in total. The van der Waals surface area contributed by atoms with E-state index in [4.69, 9.17) is 23.9 Å². The molecule has 1 fully saturated rings. The van der Waals surface area contributed by atoms with Gasteiger partial charge in [0.25, 0.3) is 5.56 Å². The van der Waals surface area contributed by atoms with Gasteiger partial charge in [-0.05, 0) is 19.1 Å². The van der Waals surface area contributed by atoms with Crippen molar-refractivity contribution in [3.8, 4) is 17.2 Å². The molecule has 1 atom stereocenters. The second-order valence-electron chi connectivity index (χ2n) is 6.90. The van der Waals surface area contributed by atoms with Crippen molar-refractivity contribution in [2.75, 3.05) is 52.9 Å². The standard InChI is InChI=1S/C20H25N5O5/c1-12-11-15(26)25-18(13-5-6-14(27-2)17(29-4)16(13)28-3)22-19(23-20(25)21-12)24-7-9-30-10-8-24/h5-6,11,18H,7-10H2,1-4H3,(H,21,22,23). The fourth-order valence-corrected chi connectivity index (χ4v) is 3.71. The fraction of sp³-hybridized carbons (Fsp3) is 0.450. The second-order valence-corrected chi connectivity index (χ2v) is 6.90. The van der Waals surface area contributed by atoms with Gasteiger partial charge in [-0.25, -0.2) is 9.98 Å². The molecule has 1 aromatic heterocycles. The summed E-state index contributed by atoms with van der Waals surface area (Å²) in [6, 6.07) is 5.09. The quantitative estimate of drug-likeness (QED) is 0.796. The molecule has 1 unspecified atom stereocenters. The molecular weight excluding hydrogens is 390 g/mol. The van der Waals surface area contributed by atoms with E-state index in [1.807, 2.05) is 6.07 Å². The van der Waals surface area contributed by atoms with Crippen LogP contribution in [0.5, 0.6) is 17.2 Å². The number of guanidine groups is 1. The van der Waals surface area contributed by atoms with Crippen LogP contribution in [-0.4, -0.2) is 68.0 Å². The van der Waals surface area contributed by atoms with Crippen molar-refractivity contribution in [1.82, 2.24) is 14.5 Å². The van der Waals surface area contributed by atoms with Crippen LogP contribution in [-0.2, 0) is 4.74 Å². The van der Waals surface area contributed by atoms with E-state index in [9.17, 15) is 4.79 Å². The number of ether oxygens (including phenoxy) is 4. The van der Waals surface area contributed by atoms with E-state index in [1.165, 1.54) is 10.6 Å². The van der Waals surface area contributed by atoms with Gasteiger partial charge in [0.15, 0.2) is 17.7 Å². The summed E-state index contributed by atoms with van der Waals surface area (Å²) in [4.78, 5) is 24.4. The fourth-order valence-electron chi connectivity index (χ4n) is 3.71. The van der Waals surface area contributed by atoms with Gasteiger partial charge in [-0.3, -0.25) is 14.7 Å². The van der Waals surface area contributed by atoms with Gasteiger partial charge in [0.2, 0.25) is 17.7 Å². The molecule has 0 spiro atoms. The highest BCUT2D eigenvalue weighted by atomic mass is 16.5. The molecule has 1 saturated heterocycles. The monoisotopic (exact) mass is 415 g/mol. The minimum Gasteiger partial charge on any atom is -0.493 e. The maximum absolute atomic E-state index is 12.9. The highest BCUT2D eigenvalue weighted by Gasteiger charge is 2.31. The second kappa shape index (κ2) is 8.23. The Labute approximate surface area is 174 Å². The zero-order valence-electron chi connectivity index (χ0n) is 17.5. The maximum Gasteiger partial charge on any atom is 0.257 e. The molecule has 2 aliphatic rings. The van der Waals surface area contributed by atoms with Gasteiger partial charge >= 0.3 is 0 Å². The molecule has 10 heteroatoms. The van der Waals surface area contributed by atoms with Crippen LogP contribution in [0.25, 0.3) is 0 Å². The van der Waals surface area contributed by atoms with E-state index in [-0.39, 0.29) is 5.56 Å². The Morgan fingerprint density at radius 3 is 2.50 bits per heavy atom. The molecule has 3 heterocycles. The summed E-state index contributed by atoms with van der Waals surface area (Å²) in [5.41, 5.74) is 1.08. The number of morpholine rings is 1. The van der Waals surface area contributed by atoms with Crippen LogP contribution in [0.1, 0.15) is 17.4 Å². The molecule has 0 aliphatic carbocycles. The summed E-state index contributed by atoms with van der Waals surface area (Å²) in [5, 5.41) is 3.21. The van der Waals surface area contributed by atoms with Crippen LogP contribution in [0.15, 0.2) is 28.0 Å². The predicted molar refractivity (Wildman–Crippen MR) is 111 cm³/mol. The van der Waals surface area contributed by atoms with Crippen molar-refractivity contribution >= 4 is 11.9 Å². The lowest BCUT2D eigenvalue weighted by Gasteiger charge is -2.35. The summed E-state index contributed by atoms with van der Waals surface area (Å²) in [6.07, 6.45) is -0.686. The normalized spacial score (nSPS) is 18.2. The number of hydrogen-bond acceptors (Lipinski definition) is 9. The van der Waals surface area contributed by atoms with Crippen LogP contribution >= 0.6 is 0 Å². The van der Waals surface area contributed by atoms with Crippen LogP contribution in [0.3, 0.4) is 0 Å². The highest BCUT2D eigenvalue weighted by molar-refractivity contribution is 5.93. The number of benzene rings is 1. The number of nitrogens with zero attached hydrogens (tertiary/aromatic N) is 4. The summed E-state index contributed by atoms with van der Waals surface area (Å²) >= 11 is 0. The molecule has 4 rings (SSSR count). The van der Waals surface area contributed by atoms with Crippen LogP contribution in [0.2, 0.25) is 0 Å². The number of hydrogen-bond donors (Lipinski definition) is 1. The molecule has 1 aromatic carbocycles. The van der Waals surface area contributed by atoms with Crippen LogP contribution in [0.4, 0.5) is 5.95 Å². The first kappa shape index (κ1) is 20.0. The third-order valence-electron chi connectivity index (χ3n) is 5.12. The lowest BCUT2D eigenvalue weighted by molar-refractivity contribution is 0.0675. The largest absolute Gasteiger partial charge is 0.493 e. The van der Waals surface area contributed by atoms with E-state index < -0.39 is 6.17 Å². The van der Waals surface area contributed by atoms with Gasteiger partial charge in [-0.2, -0.15) is 0 Å².